The summed E-state index contributed by atoms with van der Waals surface area (Å²) in [5, 5.41) is 9.24. The fraction of sp³-hybridized carbons (Fsp3) is 0.235. The Bertz CT molecular complexity index is 744. The van der Waals surface area contributed by atoms with E-state index < -0.39 is 23.6 Å². The molecule has 0 fully saturated rings. The minimum Gasteiger partial charge on any atom is -0.481 e. The molecule has 24 heavy (non-hydrogen) atoms. The van der Waals surface area contributed by atoms with Crippen LogP contribution < -0.4 is 4.74 Å². The molecule has 0 aliphatic carbocycles. The predicted molar refractivity (Wildman–Crippen MR) is 86.6 cm³/mol. The standard InChI is InChI=1S/C17H14BrF3O3/c1-10(16(22)23)11-3-2-4-14(8-11)24-15-6-5-13(17(19,20)21)7-12(15)9-18/h2-8,10H,9H2,1H3,(H,22,23). The van der Waals surface area contributed by atoms with Crippen LogP contribution in [0.5, 0.6) is 11.5 Å². The molecule has 0 aliphatic heterocycles. The van der Waals surface area contributed by atoms with E-state index in [0.717, 1.165) is 12.1 Å². The molecule has 2 aromatic carbocycles. The molecule has 1 atom stereocenters. The van der Waals surface area contributed by atoms with Crippen LogP contribution in [0, 0.1) is 0 Å². The molecular weight excluding hydrogens is 389 g/mol. The van der Waals surface area contributed by atoms with Gasteiger partial charge in [-0.05, 0) is 42.8 Å². The molecule has 0 amide bonds. The van der Waals surface area contributed by atoms with Gasteiger partial charge in [0.1, 0.15) is 11.5 Å². The molecule has 1 unspecified atom stereocenters. The lowest BCUT2D eigenvalue weighted by molar-refractivity contribution is -0.138. The first kappa shape index (κ1) is 18.3. The maximum absolute atomic E-state index is 12.8. The number of ether oxygens (including phenoxy) is 1. The van der Waals surface area contributed by atoms with Gasteiger partial charge in [-0.2, -0.15) is 13.2 Å². The number of rotatable bonds is 5. The average molecular weight is 403 g/mol. The van der Waals surface area contributed by atoms with E-state index in [1.807, 2.05) is 0 Å². The quantitative estimate of drug-likeness (QED) is 0.663. The number of carboxylic acid groups (broad SMARTS) is 1. The molecule has 3 nitrogen and oxygen atoms in total. The lowest BCUT2D eigenvalue weighted by Crippen LogP contribution is -2.07. The van der Waals surface area contributed by atoms with Crippen LogP contribution in [0.15, 0.2) is 42.5 Å². The largest absolute Gasteiger partial charge is 0.481 e. The van der Waals surface area contributed by atoms with Gasteiger partial charge in [0, 0.05) is 10.9 Å². The maximum atomic E-state index is 12.8. The van der Waals surface area contributed by atoms with Crippen molar-refractivity contribution >= 4 is 21.9 Å². The van der Waals surface area contributed by atoms with Crippen molar-refractivity contribution in [1.29, 1.82) is 0 Å². The summed E-state index contributed by atoms with van der Waals surface area (Å²) in [4.78, 5) is 11.0. The van der Waals surface area contributed by atoms with Crippen molar-refractivity contribution in [3.05, 3.63) is 59.2 Å². The van der Waals surface area contributed by atoms with Gasteiger partial charge < -0.3 is 9.84 Å². The molecule has 0 saturated heterocycles. The van der Waals surface area contributed by atoms with Crippen LogP contribution in [0.25, 0.3) is 0 Å². The Morgan fingerprint density at radius 2 is 1.96 bits per heavy atom. The molecule has 0 aliphatic rings. The van der Waals surface area contributed by atoms with E-state index in [2.05, 4.69) is 15.9 Å². The van der Waals surface area contributed by atoms with E-state index in [9.17, 15) is 18.0 Å². The minimum atomic E-state index is -4.42. The Kier molecular flexibility index (Phi) is 5.54. The van der Waals surface area contributed by atoms with E-state index in [1.165, 1.54) is 6.07 Å². The van der Waals surface area contributed by atoms with E-state index in [1.54, 1.807) is 31.2 Å². The number of hydrogen-bond donors (Lipinski definition) is 1. The molecular formula is C17H14BrF3O3. The molecule has 0 aromatic heterocycles. The SMILES string of the molecule is CC(C(=O)O)c1cccc(Oc2ccc(C(F)(F)F)cc2CBr)c1. The number of benzene rings is 2. The molecule has 2 rings (SSSR count). The van der Waals surface area contributed by atoms with Crippen LogP contribution >= 0.6 is 15.9 Å². The van der Waals surface area contributed by atoms with Crippen molar-refractivity contribution in [2.75, 3.05) is 0 Å². The van der Waals surface area contributed by atoms with Crippen molar-refractivity contribution in [2.45, 2.75) is 24.3 Å². The summed E-state index contributed by atoms with van der Waals surface area (Å²) < 4.78 is 44.0. The molecule has 1 N–H and O–H groups in total. The summed E-state index contributed by atoms with van der Waals surface area (Å²) in [7, 11) is 0. The molecule has 0 saturated carbocycles. The zero-order valence-electron chi connectivity index (χ0n) is 12.6. The van der Waals surface area contributed by atoms with Gasteiger partial charge in [-0.3, -0.25) is 4.79 Å². The third kappa shape index (κ3) is 4.29. The molecule has 2 aromatic rings. The summed E-state index contributed by atoms with van der Waals surface area (Å²) >= 11 is 3.15. The van der Waals surface area contributed by atoms with Gasteiger partial charge in [0.05, 0.1) is 11.5 Å². The first-order valence-corrected chi connectivity index (χ1v) is 8.11. The van der Waals surface area contributed by atoms with Gasteiger partial charge in [-0.25, -0.2) is 0 Å². The molecule has 0 spiro atoms. The highest BCUT2D eigenvalue weighted by Gasteiger charge is 2.31. The number of alkyl halides is 4. The summed E-state index contributed by atoms with van der Waals surface area (Å²) in [6.45, 7) is 1.55. The third-order valence-corrected chi connectivity index (χ3v) is 4.09. The molecule has 128 valence electrons. The van der Waals surface area contributed by atoms with Crippen molar-refractivity contribution in [1.82, 2.24) is 0 Å². The van der Waals surface area contributed by atoms with Crippen LogP contribution in [0.2, 0.25) is 0 Å². The highest BCUT2D eigenvalue weighted by atomic mass is 79.9. The molecule has 0 bridgehead atoms. The smallest absolute Gasteiger partial charge is 0.416 e. The summed E-state index contributed by atoms with van der Waals surface area (Å²) in [6, 6.07) is 9.71. The normalized spacial score (nSPS) is 12.7. The van der Waals surface area contributed by atoms with E-state index in [-0.39, 0.29) is 11.1 Å². The number of hydrogen-bond acceptors (Lipinski definition) is 2. The Morgan fingerprint density at radius 3 is 2.54 bits per heavy atom. The van der Waals surface area contributed by atoms with Crippen molar-refractivity contribution < 1.29 is 27.8 Å². The van der Waals surface area contributed by atoms with E-state index in [0.29, 0.717) is 16.9 Å². The summed E-state index contributed by atoms with van der Waals surface area (Å²) in [6.07, 6.45) is -4.42. The van der Waals surface area contributed by atoms with E-state index in [4.69, 9.17) is 9.84 Å². The van der Waals surface area contributed by atoms with Gasteiger partial charge in [0.2, 0.25) is 0 Å². The van der Waals surface area contributed by atoms with Gasteiger partial charge >= 0.3 is 12.1 Å². The van der Waals surface area contributed by atoms with Crippen molar-refractivity contribution in [2.24, 2.45) is 0 Å². The van der Waals surface area contributed by atoms with Crippen LogP contribution in [-0.2, 0) is 16.3 Å². The number of aliphatic carboxylic acids is 1. The maximum Gasteiger partial charge on any atom is 0.416 e. The zero-order chi connectivity index (χ0) is 17.9. The van der Waals surface area contributed by atoms with Gasteiger partial charge in [-0.1, -0.05) is 28.1 Å². The Hall–Kier alpha value is -2.02. The van der Waals surface area contributed by atoms with Gasteiger partial charge in [0.25, 0.3) is 0 Å². The third-order valence-electron chi connectivity index (χ3n) is 3.49. The van der Waals surface area contributed by atoms with Crippen LogP contribution in [0.4, 0.5) is 13.2 Å². The summed E-state index contributed by atoms with van der Waals surface area (Å²) in [5.41, 5.74) is 0.145. The second-order valence-corrected chi connectivity index (χ2v) is 5.75. The van der Waals surface area contributed by atoms with Crippen molar-refractivity contribution in [3.63, 3.8) is 0 Å². The molecule has 7 heteroatoms. The first-order chi connectivity index (χ1) is 11.2. The highest BCUT2D eigenvalue weighted by molar-refractivity contribution is 9.08. The zero-order valence-corrected chi connectivity index (χ0v) is 14.2. The number of carboxylic acids is 1. The fourth-order valence-corrected chi connectivity index (χ4v) is 2.51. The molecule has 0 heterocycles. The topological polar surface area (TPSA) is 46.5 Å². The first-order valence-electron chi connectivity index (χ1n) is 6.99. The minimum absolute atomic E-state index is 0.192. The summed E-state index contributed by atoms with van der Waals surface area (Å²) in [5.74, 6) is -1.04. The number of halogens is 4. The average Bonchev–Trinajstić information content (AvgIpc) is 2.53. The second-order valence-electron chi connectivity index (χ2n) is 5.19. The van der Waals surface area contributed by atoms with Crippen molar-refractivity contribution in [3.8, 4) is 11.5 Å². The monoisotopic (exact) mass is 402 g/mol. The lowest BCUT2D eigenvalue weighted by Gasteiger charge is -2.14. The molecule has 0 radical (unpaired) electrons. The lowest BCUT2D eigenvalue weighted by atomic mass is 10.0. The fourth-order valence-electron chi connectivity index (χ4n) is 2.08. The number of carbonyl (C=O) groups is 1. The van der Waals surface area contributed by atoms with Crippen LogP contribution in [-0.4, -0.2) is 11.1 Å². The predicted octanol–water partition coefficient (Wildman–Crippen LogP) is 5.58. The van der Waals surface area contributed by atoms with Gasteiger partial charge in [-0.15, -0.1) is 0 Å². The van der Waals surface area contributed by atoms with E-state index >= 15 is 0 Å². The Morgan fingerprint density at radius 1 is 1.25 bits per heavy atom. The Balaban J connectivity index is 2.31. The van der Waals surface area contributed by atoms with Gasteiger partial charge in [0.15, 0.2) is 0 Å². The second kappa shape index (κ2) is 7.25. The van der Waals surface area contributed by atoms with Crippen LogP contribution in [0.3, 0.4) is 0 Å². The highest BCUT2D eigenvalue weighted by Crippen LogP contribution is 2.35. The van der Waals surface area contributed by atoms with Crippen LogP contribution in [0.1, 0.15) is 29.5 Å². The Labute approximate surface area is 145 Å².